The van der Waals surface area contributed by atoms with Crippen LogP contribution >= 0.6 is 11.3 Å². The van der Waals surface area contributed by atoms with Crippen LogP contribution in [0.3, 0.4) is 0 Å². The van der Waals surface area contributed by atoms with Crippen LogP contribution in [0.4, 0.5) is 10.9 Å². The van der Waals surface area contributed by atoms with Crippen LogP contribution in [0, 0.1) is 0 Å². The summed E-state index contributed by atoms with van der Waals surface area (Å²) in [5, 5.41) is 8.56. The van der Waals surface area contributed by atoms with E-state index in [1.807, 2.05) is 6.92 Å². The summed E-state index contributed by atoms with van der Waals surface area (Å²) in [7, 11) is -3.80. The summed E-state index contributed by atoms with van der Waals surface area (Å²) in [5.74, 6) is 5.30. The smallest absolute Gasteiger partial charge is 0.267 e. The van der Waals surface area contributed by atoms with Crippen LogP contribution in [-0.4, -0.2) is 23.6 Å². The Kier molecular flexibility index (Phi) is 3.93. The fourth-order valence-corrected chi connectivity index (χ4v) is 3.35. The summed E-state index contributed by atoms with van der Waals surface area (Å²) in [5.41, 5.74) is 2.24. The molecule has 0 aliphatic heterocycles. The van der Waals surface area contributed by atoms with E-state index in [2.05, 4.69) is 25.3 Å². The lowest BCUT2D eigenvalue weighted by Crippen LogP contribution is -2.18. The first-order chi connectivity index (χ1) is 9.06. The maximum absolute atomic E-state index is 12.2. The maximum atomic E-state index is 12.2. The minimum absolute atomic E-state index is 0.0502. The molecule has 0 amide bonds. The highest BCUT2D eigenvalue weighted by Crippen LogP contribution is 2.23. The van der Waals surface area contributed by atoms with Gasteiger partial charge in [-0.1, -0.05) is 18.3 Å². The van der Waals surface area contributed by atoms with Crippen LogP contribution in [0.2, 0.25) is 0 Å². The molecule has 2 rings (SSSR count). The summed E-state index contributed by atoms with van der Waals surface area (Å²) in [6, 6.07) is 2.90. The van der Waals surface area contributed by atoms with Crippen LogP contribution in [-0.2, 0) is 16.4 Å². The number of nitrogen functional groups attached to an aromatic ring is 1. The first-order valence-electron chi connectivity index (χ1n) is 5.33. The predicted molar refractivity (Wildman–Crippen MR) is 72.1 cm³/mol. The second-order valence-electron chi connectivity index (χ2n) is 3.45. The first kappa shape index (κ1) is 13.6. The highest BCUT2D eigenvalue weighted by molar-refractivity contribution is 7.93. The Morgan fingerprint density at radius 1 is 1.42 bits per heavy atom. The molecule has 0 unspecified atom stereocenters. The van der Waals surface area contributed by atoms with Crippen molar-refractivity contribution in [1.82, 2.24) is 15.2 Å². The second-order valence-corrected chi connectivity index (χ2v) is 6.17. The van der Waals surface area contributed by atoms with Crippen molar-refractivity contribution in [2.45, 2.75) is 18.2 Å². The van der Waals surface area contributed by atoms with Gasteiger partial charge < -0.3 is 5.43 Å². The molecular formula is C9H12N6O2S2. The van der Waals surface area contributed by atoms with Crippen molar-refractivity contribution < 1.29 is 8.42 Å². The van der Waals surface area contributed by atoms with E-state index in [4.69, 9.17) is 5.84 Å². The molecule has 0 spiro atoms. The van der Waals surface area contributed by atoms with Gasteiger partial charge in [0.15, 0.2) is 5.82 Å². The lowest BCUT2D eigenvalue weighted by atomic mass is 10.5. The van der Waals surface area contributed by atoms with E-state index in [9.17, 15) is 8.42 Å². The number of hydrazine groups is 1. The number of anilines is 2. The molecule has 0 bridgehead atoms. The van der Waals surface area contributed by atoms with Crippen LogP contribution in [0.25, 0.3) is 0 Å². The van der Waals surface area contributed by atoms with Crippen molar-refractivity contribution >= 4 is 32.3 Å². The number of sulfonamides is 1. The number of aromatic nitrogens is 3. The van der Waals surface area contributed by atoms with Gasteiger partial charge in [-0.3, -0.25) is 4.72 Å². The molecule has 0 aliphatic rings. The molecule has 19 heavy (non-hydrogen) atoms. The third-order valence-corrected chi connectivity index (χ3v) is 4.67. The average Bonchev–Trinajstić information content (AvgIpc) is 2.85. The SMILES string of the molecule is CCc1nnc(NS(=O)(=O)c2cccnc2NN)s1. The Labute approximate surface area is 114 Å². The standard InChI is InChI=1S/C9H12N6O2S2/c1-2-7-13-14-9(18-7)15-19(16,17)6-4-3-5-11-8(6)12-10/h3-5H,2,10H2,1H3,(H,11,12)(H,14,15). The van der Waals surface area contributed by atoms with Gasteiger partial charge in [0.2, 0.25) is 5.13 Å². The van der Waals surface area contributed by atoms with Crippen molar-refractivity contribution in [3.63, 3.8) is 0 Å². The molecule has 8 nitrogen and oxygen atoms in total. The summed E-state index contributed by atoms with van der Waals surface area (Å²) in [6.07, 6.45) is 2.14. The van der Waals surface area contributed by atoms with Crippen molar-refractivity contribution in [2.75, 3.05) is 10.1 Å². The van der Waals surface area contributed by atoms with Gasteiger partial charge in [0, 0.05) is 6.20 Å². The van der Waals surface area contributed by atoms with E-state index >= 15 is 0 Å². The van der Waals surface area contributed by atoms with Gasteiger partial charge in [-0.2, -0.15) is 0 Å². The van der Waals surface area contributed by atoms with Crippen LogP contribution in [0.15, 0.2) is 23.2 Å². The maximum Gasteiger partial charge on any atom is 0.267 e. The van der Waals surface area contributed by atoms with Crippen molar-refractivity contribution in [3.8, 4) is 0 Å². The Morgan fingerprint density at radius 2 is 2.21 bits per heavy atom. The van der Waals surface area contributed by atoms with Crippen molar-refractivity contribution in [1.29, 1.82) is 0 Å². The minimum atomic E-state index is -3.80. The van der Waals surface area contributed by atoms with Crippen molar-refractivity contribution in [2.24, 2.45) is 5.84 Å². The summed E-state index contributed by atoms with van der Waals surface area (Å²) >= 11 is 1.18. The zero-order valence-corrected chi connectivity index (χ0v) is 11.6. The summed E-state index contributed by atoms with van der Waals surface area (Å²) in [6.45, 7) is 1.91. The normalized spacial score (nSPS) is 11.3. The fraction of sp³-hybridized carbons (Fsp3) is 0.222. The zero-order valence-electron chi connectivity index (χ0n) is 9.99. The molecule has 2 aromatic rings. The topological polar surface area (TPSA) is 123 Å². The summed E-state index contributed by atoms with van der Waals surface area (Å²) in [4.78, 5) is 3.79. The molecule has 0 saturated carbocycles. The third-order valence-electron chi connectivity index (χ3n) is 2.19. The molecule has 2 heterocycles. The van der Waals surface area contributed by atoms with Gasteiger partial charge in [0.05, 0.1) is 0 Å². The Bertz CT molecular complexity index is 669. The monoisotopic (exact) mass is 300 g/mol. The summed E-state index contributed by atoms with van der Waals surface area (Å²) < 4.78 is 26.7. The number of nitrogens with one attached hydrogen (secondary N) is 2. The third kappa shape index (κ3) is 2.97. The van der Waals surface area contributed by atoms with Gasteiger partial charge in [0.1, 0.15) is 9.90 Å². The number of rotatable bonds is 5. The largest absolute Gasteiger partial charge is 0.307 e. The van der Waals surface area contributed by atoms with Crippen LogP contribution in [0.5, 0.6) is 0 Å². The molecular weight excluding hydrogens is 288 g/mol. The molecule has 0 aromatic carbocycles. The fourth-order valence-electron chi connectivity index (χ4n) is 1.32. The second kappa shape index (κ2) is 5.47. The lowest BCUT2D eigenvalue weighted by molar-refractivity contribution is 0.601. The number of aryl methyl sites for hydroxylation is 1. The van der Waals surface area contributed by atoms with E-state index in [-0.39, 0.29) is 15.8 Å². The Hall–Kier alpha value is -1.78. The van der Waals surface area contributed by atoms with E-state index in [1.54, 1.807) is 0 Å². The highest BCUT2D eigenvalue weighted by Gasteiger charge is 2.20. The molecule has 0 aliphatic carbocycles. The molecule has 0 fully saturated rings. The zero-order chi connectivity index (χ0) is 13.9. The molecule has 102 valence electrons. The molecule has 2 aromatic heterocycles. The average molecular weight is 300 g/mol. The van der Waals surface area contributed by atoms with Gasteiger partial charge in [-0.05, 0) is 18.6 Å². The number of pyridine rings is 1. The number of nitrogens with zero attached hydrogens (tertiary/aromatic N) is 3. The number of hydrogen-bond donors (Lipinski definition) is 3. The quantitative estimate of drug-likeness (QED) is 0.545. The van der Waals surface area contributed by atoms with Gasteiger partial charge in [-0.25, -0.2) is 19.2 Å². The predicted octanol–water partition coefficient (Wildman–Crippen LogP) is 0.582. The van der Waals surface area contributed by atoms with Gasteiger partial charge >= 0.3 is 0 Å². The van der Waals surface area contributed by atoms with E-state index in [1.165, 1.54) is 29.7 Å². The van der Waals surface area contributed by atoms with Crippen molar-refractivity contribution in [3.05, 3.63) is 23.3 Å². The Morgan fingerprint density at radius 3 is 2.84 bits per heavy atom. The highest BCUT2D eigenvalue weighted by atomic mass is 32.2. The number of hydrogen-bond acceptors (Lipinski definition) is 8. The van der Waals surface area contributed by atoms with Gasteiger partial charge in [-0.15, -0.1) is 10.2 Å². The molecule has 10 heteroatoms. The number of nitrogens with two attached hydrogens (primary N) is 1. The Balaban J connectivity index is 2.32. The first-order valence-corrected chi connectivity index (χ1v) is 7.63. The van der Waals surface area contributed by atoms with Crippen LogP contribution in [0.1, 0.15) is 11.9 Å². The molecule has 0 saturated heterocycles. The molecule has 0 atom stereocenters. The molecule has 0 radical (unpaired) electrons. The van der Waals surface area contributed by atoms with E-state index in [0.717, 1.165) is 5.01 Å². The minimum Gasteiger partial charge on any atom is -0.307 e. The molecule has 4 N–H and O–H groups in total. The lowest BCUT2D eigenvalue weighted by Gasteiger charge is -2.08. The van der Waals surface area contributed by atoms with E-state index in [0.29, 0.717) is 6.42 Å². The van der Waals surface area contributed by atoms with E-state index < -0.39 is 10.0 Å². The van der Waals surface area contributed by atoms with Gasteiger partial charge in [0.25, 0.3) is 10.0 Å². The van der Waals surface area contributed by atoms with Crippen LogP contribution < -0.4 is 16.0 Å².